The molecule has 0 saturated heterocycles. The van der Waals surface area contributed by atoms with Gasteiger partial charge in [0.25, 0.3) is 0 Å². The van der Waals surface area contributed by atoms with Gasteiger partial charge in [-0.15, -0.1) is 12.1 Å². The Hall–Kier alpha value is -0.692. The number of pyridine rings is 1. The van der Waals surface area contributed by atoms with Gasteiger partial charge in [-0.25, -0.2) is 5.10 Å². The largest absolute Gasteiger partial charge is 0.335 e. The van der Waals surface area contributed by atoms with E-state index in [9.17, 15) is 0 Å². The number of hydrogen-bond donors (Lipinski definition) is 1. The number of nitrogens with zero attached hydrogens (tertiary/aromatic N) is 2. The van der Waals surface area contributed by atoms with Crippen LogP contribution in [0.4, 0.5) is 0 Å². The predicted octanol–water partition coefficient (Wildman–Crippen LogP) is 0.756. The fourth-order valence-corrected chi connectivity index (χ4v) is 0.722. The van der Waals surface area contributed by atoms with Crippen molar-refractivity contribution in [1.29, 1.82) is 0 Å². The fraction of sp³-hybridized carbons (Fsp3) is 0. The third-order valence-corrected chi connectivity index (χ3v) is 1.14. The van der Waals surface area contributed by atoms with Crippen molar-refractivity contribution in [2.75, 3.05) is 0 Å². The van der Waals surface area contributed by atoms with Crippen molar-refractivity contribution in [3.8, 4) is 0 Å². The Kier molecular flexibility index (Phi) is 2.17. The number of hydrogen-bond acceptors (Lipinski definition) is 2. The number of rotatable bonds is 0. The van der Waals surface area contributed by atoms with E-state index in [0.29, 0.717) is 0 Å². The predicted molar refractivity (Wildman–Crippen MR) is 32.7 cm³/mol. The Balaban J connectivity index is 0.000000500. The van der Waals surface area contributed by atoms with Gasteiger partial charge in [-0.1, -0.05) is 11.6 Å². The summed E-state index contributed by atoms with van der Waals surface area (Å²) in [6.45, 7) is 0. The molecule has 4 heteroatoms. The summed E-state index contributed by atoms with van der Waals surface area (Å²) in [5, 5.41) is 7.44. The van der Waals surface area contributed by atoms with Crippen molar-refractivity contribution >= 4 is 11.0 Å². The van der Waals surface area contributed by atoms with Gasteiger partial charge in [0.05, 0.1) is 5.65 Å². The van der Waals surface area contributed by atoms with Crippen LogP contribution in [-0.4, -0.2) is 15.2 Å². The van der Waals surface area contributed by atoms with Gasteiger partial charge in [0, 0.05) is 21.1 Å². The van der Waals surface area contributed by atoms with E-state index in [4.69, 9.17) is 0 Å². The summed E-state index contributed by atoms with van der Waals surface area (Å²) in [4.78, 5) is 3.99. The van der Waals surface area contributed by atoms with Crippen molar-refractivity contribution < 1.29 is 21.1 Å². The fourth-order valence-electron chi connectivity index (χ4n) is 0.722. The molecule has 2 rings (SSSR count). The summed E-state index contributed by atoms with van der Waals surface area (Å²) in [5.41, 5.74) is 0.789. The zero-order valence-corrected chi connectivity index (χ0v) is 7.97. The van der Waals surface area contributed by atoms with Crippen LogP contribution in [0.3, 0.4) is 0 Å². The van der Waals surface area contributed by atoms with Crippen LogP contribution >= 0.6 is 0 Å². The van der Waals surface area contributed by atoms with Crippen LogP contribution in [-0.2, 0) is 21.1 Å². The van der Waals surface area contributed by atoms with Gasteiger partial charge in [-0.3, -0.25) is 0 Å². The summed E-state index contributed by atoms with van der Waals surface area (Å²) in [6, 6.07) is 4.74. The van der Waals surface area contributed by atoms with Crippen molar-refractivity contribution in [2.45, 2.75) is 0 Å². The Morgan fingerprint density at radius 3 is 3.20 bits per heavy atom. The third kappa shape index (κ3) is 1.09. The molecular formula is C6H4N3W-. The van der Waals surface area contributed by atoms with Crippen LogP contribution in [0, 0.1) is 6.07 Å². The molecule has 1 N–H and O–H groups in total. The van der Waals surface area contributed by atoms with E-state index in [1.807, 2.05) is 0 Å². The summed E-state index contributed by atoms with van der Waals surface area (Å²) in [5.74, 6) is 0. The minimum absolute atomic E-state index is 0. The van der Waals surface area contributed by atoms with E-state index >= 15 is 0 Å². The van der Waals surface area contributed by atoms with Gasteiger partial charge in [-0.05, 0) is 6.20 Å². The Morgan fingerprint density at radius 2 is 2.40 bits per heavy atom. The molecule has 0 spiro atoms. The van der Waals surface area contributed by atoms with Gasteiger partial charge in [0.1, 0.15) is 0 Å². The van der Waals surface area contributed by atoms with E-state index in [1.165, 1.54) is 0 Å². The monoisotopic (exact) mass is 302 g/mol. The van der Waals surface area contributed by atoms with Crippen LogP contribution in [0.15, 0.2) is 18.5 Å². The number of aromatic amines is 1. The molecule has 0 atom stereocenters. The van der Waals surface area contributed by atoms with E-state index in [1.54, 1.807) is 18.5 Å². The normalized spacial score (nSPS) is 9.20. The Labute approximate surface area is 72.1 Å². The average molecular weight is 302 g/mol. The van der Waals surface area contributed by atoms with Gasteiger partial charge < -0.3 is 10.1 Å². The molecule has 3 nitrogen and oxygen atoms in total. The van der Waals surface area contributed by atoms with Crippen LogP contribution in [0.1, 0.15) is 0 Å². The van der Waals surface area contributed by atoms with E-state index in [-0.39, 0.29) is 21.1 Å². The molecule has 0 aliphatic heterocycles. The molecule has 0 aliphatic rings. The number of aromatic nitrogens is 3. The maximum absolute atomic E-state index is 3.99. The van der Waals surface area contributed by atoms with Gasteiger partial charge in [0.15, 0.2) is 0 Å². The van der Waals surface area contributed by atoms with Crippen LogP contribution in [0.25, 0.3) is 11.0 Å². The number of fused-ring (bicyclic) bond motifs is 1. The first-order valence-corrected chi connectivity index (χ1v) is 2.62. The summed E-state index contributed by atoms with van der Waals surface area (Å²) in [7, 11) is 0. The van der Waals surface area contributed by atoms with Gasteiger partial charge >= 0.3 is 0 Å². The molecule has 0 fully saturated rings. The maximum atomic E-state index is 3.99. The molecule has 50 valence electrons. The van der Waals surface area contributed by atoms with Crippen molar-refractivity contribution in [3.63, 3.8) is 0 Å². The zero-order valence-electron chi connectivity index (χ0n) is 5.03. The Bertz CT molecular complexity index is 287. The van der Waals surface area contributed by atoms with Crippen molar-refractivity contribution in [2.24, 2.45) is 0 Å². The average Bonchev–Trinajstić information content (AvgIpc) is 2.33. The molecule has 0 radical (unpaired) electrons. The maximum Gasteiger partial charge on any atom is 0.0602 e. The molecule has 0 saturated carbocycles. The van der Waals surface area contributed by atoms with E-state index in [0.717, 1.165) is 11.0 Å². The molecule has 0 aliphatic carbocycles. The van der Waals surface area contributed by atoms with Crippen molar-refractivity contribution in [3.05, 3.63) is 24.5 Å². The van der Waals surface area contributed by atoms with Crippen LogP contribution in [0.2, 0.25) is 0 Å². The summed E-state index contributed by atoms with van der Waals surface area (Å²) >= 11 is 0. The molecule has 0 unspecified atom stereocenters. The second-order valence-electron chi connectivity index (χ2n) is 1.72. The zero-order chi connectivity index (χ0) is 6.10. The summed E-state index contributed by atoms with van der Waals surface area (Å²) in [6.07, 6.45) is 3.38. The topological polar surface area (TPSA) is 41.6 Å². The van der Waals surface area contributed by atoms with Crippen molar-refractivity contribution in [1.82, 2.24) is 15.2 Å². The first-order chi connectivity index (χ1) is 4.47. The SMILES string of the molecule is [W].[c-]1ccnc2[nH]ncc12. The minimum atomic E-state index is 0. The van der Waals surface area contributed by atoms with Crippen LogP contribution < -0.4 is 0 Å². The standard InChI is InChI=1S/C6H4N3.W/c1-2-5-4-8-9-6(5)7-3-1;/h1,3-4H,(H,7,8,9);/q-1;. The van der Waals surface area contributed by atoms with E-state index < -0.39 is 0 Å². The molecule has 10 heavy (non-hydrogen) atoms. The first kappa shape index (κ1) is 7.42. The van der Waals surface area contributed by atoms with Crippen LogP contribution in [0.5, 0.6) is 0 Å². The summed E-state index contributed by atoms with van der Waals surface area (Å²) < 4.78 is 0. The molecule has 0 bridgehead atoms. The number of nitrogens with one attached hydrogen (secondary N) is 1. The van der Waals surface area contributed by atoms with Gasteiger partial charge in [-0.2, -0.15) is 0 Å². The smallest absolute Gasteiger partial charge is 0.0602 e. The molecule has 0 amide bonds. The Morgan fingerprint density at radius 1 is 1.50 bits per heavy atom. The first-order valence-electron chi connectivity index (χ1n) is 2.62. The quantitative estimate of drug-likeness (QED) is 0.730. The third-order valence-electron chi connectivity index (χ3n) is 1.14. The van der Waals surface area contributed by atoms with E-state index in [2.05, 4.69) is 21.2 Å². The minimum Gasteiger partial charge on any atom is -0.335 e. The second-order valence-corrected chi connectivity index (χ2v) is 1.72. The molecular weight excluding hydrogens is 298 g/mol. The number of H-pyrrole nitrogens is 1. The molecule has 2 aromatic heterocycles. The molecule has 2 aromatic rings. The van der Waals surface area contributed by atoms with Gasteiger partial charge in [0.2, 0.25) is 0 Å². The molecule has 2 heterocycles. The second kappa shape index (κ2) is 2.93. The molecule has 0 aromatic carbocycles.